The third kappa shape index (κ3) is 4.58. The third-order valence-corrected chi connectivity index (χ3v) is 4.66. The van der Waals surface area contributed by atoms with E-state index in [1.165, 1.54) is 0 Å². The second-order valence-corrected chi connectivity index (χ2v) is 8.21. The fraction of sp³-hybridized carbons (Fsp3) is 0.211. The van der Waals surface area contributed by atoms with E-state index < -0.39 is 5.41 Å². The van der Waals surface area contributed by atoms with Gasteiger partial charge in [-0.25, -0.2) is 4.98 Å². The summed E-state index contributed by atoms with van der Waals surface area (Å²) in [6.07, 6.45) is 0. The summed E-state index contributed by atoms with van der Waals surface area (Å²) < 4.78 is 5.77. The van der Waals surface area contributed by atoms with Gasteiger partial charge in [-0.3, -0.25) is 4.79 Å². The van der Waals surface area contributed by atoms with E-state index in [1.54, 1.807) is 36.4 Å². The molecule has 8 heteroatoms. The first-order valence-electron chi connectivity index (χ1n) is 8.12. The minimum Gasteiger partial charge on any atom is -0.436 e. The number of amides is 1. The predicted octanol–water partition coefficient (Wildman–Crippen LogP) is 5.66. The Kier molecular flexibility index (Phi) is 5.42. The number of hydrogen-bond donors (Lipinski definition) is 2. The maximum atomic E-state index is 12.0. The fourth-order valence-corrected chi connectivity index (χ4v) is 2.72. The summed E-state index contributed by atoms with van der Waals surface area (Å²) in [4.78, 5) is 16.5. The van der Waals surface area contributed by atoms with Gasteiger partial charge in [-0.1, -0.05) is 44.0 Å². The summed E-state index contributed by atoms with van der Waals surface area (Å²) in [5.74, 6) is 0.272. The van der Waals surface area contributed by atoms with Crippen molar-refractivity contribution in [2.24, 2.45) is 5.41 Å². The van der Waals surface area contributed by atoms with Crippen LogP contribution >= 0.6 is 35.4 Å². The molecule has 0 aliphatic carbocycles. The van der Waals surface area contributed by atoms with Gasteiger partial charge in [0.25, 0.3) is 0 Å². The van der Waals surface area contributed by atoms with Gasteiger partial charge in [-0.05, 0) is 48.6 Å². The number of fused-ring (bicyclic) bond motifs is 1. The Morgan fingerprint density at radius 2 is 1.85 bits per heavy atom. The summed E-state index contributed by atoms with van der Waals surface area (Å²) in [6.45, 7) is 5.45. The van der Waals surface area contributed by atoms with Crippen molar-refractivity contribution in [3.63, 3.8) is 0 Å². The monoisotopic (exact) mass is 421 g/mol. The van der Waals surface area contributed by atoms with Crippen LogP contribution in [-0.2, 0) is 4.79 Å². The van der Waals surface area contributed by atoms with E-state index in [2.05, 4.69) is 15.6 Å². The summed E-state index contributed by atoms with van der Waals surface area (Å²) in [7, 11) is 0. The molecule has 0 aliphatic rings. The van der Waals surface area contributed by atoms with Crippen molar-refractivity contribution in [1.29, 1.82) is 0 Å². The first-order chi connectivity index (χ1) is 12.6. The van der Waals surface area contributed by atoms with E-state index in [-0.39, 0.29) is 11.0 Å². The number of carbonyl (C=O) groups is 1. The van der Waals surface area contributed by atoms with Crippen molar-refractivity contribution >= 4 is 63.2 Å². The molecule has 0 bridgehead atoms. The number of aromatic nitrogens is 1. The quantitative estimate of drug-likeness (QED) is 0.522. The van der Waals surface area contributed by atoms with Gasteiger partial charge in [-0.2, -0.15) is 0 Å². The SMILES string of the molecule is CC(C)(C)C(=O)NC(=S)Nc1ccc2oc(-c3ccc(Cl)c(Cl)c3)nc2c1. The molecule has 0 aliphatic heterocycles. The van der Waals surface area contributed by atoms with Crippen LogP contribution < -0.4 is 10.6 Å². The molecule has 0 fully saturated rings. The number of oxazole rings is 1. The van der Waals surface area contributed by atoms with E-state index in [4.69, 9.17) is 39.8 Å². The molecule has 0 spiro atoms. The van der Waals surface area contributed by atoms with Crippen LogP contribution in [0, 0.1) is 5.41 Å². The first kappa shape index (κ1) is 19.6. The molecule has 2 aromatic carbocycles. The number of rotatable bonds is 2. The molecular formula is C19H17Cl2N3O2S. The summed E-state index contributed by atoms with van der Waals surface area (Å²) in [5, 5.41) is 6.77. The van der Waals surface area contributed by atoms with Gasteiger partial charge in [-0.15, -0.1) is 0 Å². The van der Waals surface area contributed by atoms with Crippen molar-refractivity contribution in [1.82, 2.24) is 10.3 Å². The highest BCUT2D eigenvalue weighted by Crippen LogP contribution is 2.30. The minimum absolute atomic E-state index is 0.163. The molecule has 5 nitrogen and oxygen atoms in total. The molecule has 27 heavy (non-hydrogen) atoms. The van der Waals surface area contributed by atoms with Gasteiger partial charge >= 0.3 is 0 Å². The number of benzene rings is 2. The molecular weight excluding hydrogens is 405 g/mol. The van der Waals surface area contributed by atoms with Crippen LogP contribution in [0.5, 0.6) is 0 Å². The highest BCUT2D eigenvalue weighted by molar-refractivity contribution is 7.80. The average molecular weight is 422 g/mol. The Balaban J connectivity index is 1.80. The van der Waals surface area contributed by atoms with Gasteiger partial charge in [0, 0.05) is 16.7 Å². The zero-order chi connectivity index (χ0) is 19.8. The zero-order valence-corrected chi connectivity index (χ0v) is 17.2. The lowest BCUT2D eigenvalue weighted by Gasteiger charge is -2.18. The molecule has 2 N–H and O–H groups in total. The molecule has 3 rings (SSSR count). The Morgan fingerprint density at radius 1 is 1.11 bits per heavy atom. The van der Waals surface area contributed by atoms with E-state index in [0.717, 1.165) is 5.56 Å². The lowest BCUT2D eigenvalue weighted by atomic mass is 9.96. The first-order valence-corrected chi connectivity index (χ1v) is 9.28. The van der Waals surface area contributed by atoms with Crippen LogP contribution in [0.25, 0.3) is 22.6 Å². The molecule has 0 radical (unpaired) electrons. The molecule has 0 saturated heterocycles. The van der Waals surface area contributed by atoms with Crippen molar-refractivity contribution in [3.05, 3.63) is 46.4 Å². The summed E-state index contributed by atoms with van der Waals surface area (Å²) in [5.41, 5.74) is 2.15. The summed E-state index contributed by atoms with van der Waals surface area (Å²) >= 11 is 17.2. The van der Waals surface area contributed by atoms with Crippen LogP contribution in [0.15, 0.2) is 40.8 Å². The molecule has 1 aromatic heterocycles. The van der Waals surface area contributed by atoms with Gasteiger partial charge in [0.15, 0.2) is 10.7 Å². The van der Waals surface area contributed by atoms with Crippen molar-refractivity contribution < 1.29 is 9.21 Å². The van der Waals surface area contributed by atoms with Crippen molar-refractivity contribution in [2.45, 2.75) is 20.8 Å². The second-order valence-electron chi connectivity index (χ2n) is 6.99. The highest BCUT2D eigenvalue weighted by Gasteiger charge is 2.22. The predicted molar refractivity (Wildman–Crippen MR) is 113 cm³/mol. The highest BCUT2D eigenvalue weighted by atomic mass is 35.5. The number of thiocarbonyl (C=S) groups is 1. The molecule has 140 valence electrons. The Labute approximate surface area is 172 Å². The smallest absolute Gasteiger partial charge is 0.231 e. The van der Waals surface area contributed by atoms with Crippen LogP contribution in [0.2, 0.25) is 10.0 Å². The van der Waals surface area contributed by atoms with Crippen molar-refractivity contribution in [2.75, 3.05) is 5.32 Å². The Morgan fingerprint density at radius 3 is 2.52 bits per heavy atom. The molecule has 0 atom stereocenters. The lowest BCUT2D eigenvalue weighted by molar-refractivity contribution is -0.126. The number of nitrogens with one attached hydrogen (secondary N) is 2. The van der Waals surface area contributed by atoms with E-state index in [9.17, 15) is 4.79 Å². The van der Waals surface area contributed by atoms with Gasteiger partial charge < -0.3 is 15.1 Å². The van der Waals surface area contributed by atoms with Gasteiger partial charge in [0.05, 0.1) is 10.0 Å². The number of carbonyl (C=O) groups excluding carboxylic acids is 1. The maximum absolute atomic E-state index is 12.0. The van der Waals surface area contributed by atoms with E-state index in [0.29, 0.717) is 32.7 Å². The maximum Gasteiger partial charge on any atom is 0.231 e. The number of halogens is 2. The molecule has 0 saturated carbocycles. The average Bonchev–Trinajstić information content (AvgIpc) is 2.99. The van der Waals surface area contributed by atoms with Crippen LogP contribution in [0.4, 0.5) is 5.69 Å². The van der Waals surface area contributed by atoms with Crippen LogP contribution in [0.3, 0.4) is 0 Å². The summed E-state index contributed by atoms with van der Waals surface area (Å²) in [6, 6.07) is 10.5. The zero-order valence-electron chi connectivity index (χ0n) is 14.9. The molecule has 3 aromatic rings. The second kappa shape index (κ2) is 7.46. The number of anilines is 1. The molecule has 0 unspecified atom stereocenters. The van der Waals surface area contributed by atoms with Gasteiger partial charge in [0.2, 0.25) is 11.8 Å². The Hall–Kier alpha value is -2.15. The van der Waals surface area contributed by atoms with E-state index >= 15 is 0 Å². The fourth-order valence-electron chi connectivity index (χ4n) is 2.21. The third-order valence-electron chi connectivity index (χ3n) is 3.72. The van der Waals surface area contributed by atoms with Crippen molar-refractivity contribution in [3.8, 4) is 11.5 Å². The number of hydrogen-bond acceptors (Lipinski definition) is 4. The number of nitrogens with zero attached hydrogens (tertiary/aromatic N) is 1. The standard InChI is InChI=1S/C19H17Cl2N3O2S/c1-19(2,3)17(25)24-18(27)22-11-5-7-15-14(9-11)23-16(26-15)10-4-6-12(20)13(21)8-10/h4-9H,1-3H3,(H2,22,24,25,27). The Bertz CT molecular complexity index is 1040. The van der Waals surface area contributed by atoms with Gasteiger partial charge in [0.1, 0.15) is 5.52 Å². The van der Waals surface area contributed by atoms with Crippen LogP contribution in [0.1, 0.15) is 20.8 Å². The van der Waals surface area contributed by atoms with Crippen LogP contribution in [-0.4, -0.2) is 16.0 Å². The molecule has 1 heterocycles. The van der Waals surface area contributed by atoms with E-state index in [1.807, 2.05) is 20.8 Å². The lowest BCUT2D eigenvalue weighted by Crippen LogP contribution is -2.41. The topological polar surface area (TPSA) is 67.2 Å². The normalized spacial score (nSPS) is 11.4. The minimum atomic E-state index is -0.531. The molecule has 1 amide bonds. The largest absolute Gasteiger partial charge is 0.436 e.